The van der Waals surface area contributed by atoms with Crippen molar-refractivity contribution in [2.24, 2.45) is 5.73 Å². The molecule has 3 N–H and O–H groups in total. The maximum Gasteiger partial charge on any atom is 0.304 e. The van der Waals surface area contributed by atoms with Crippen LogP contribution in [0.25, 0.3) is 0 Å². The summed E-state index contributed by atoms with van der Waals surface area (Å²) in [6, 6.07) is 5.75. The molecule has 5 nitrogen and oxygen atoms in total. The van der Waals surface area contributed by atoms with Gasteiger partial charge in [-0.3, -0.25) is 14.7 Å². The lowest BCUT2D eigenvalue weighted by Crippen LogP contribution is -2.35. The summed E-state index contributed by atoms with van der Waals surface area (Å²) in [5, 5.41) is 10.8. The average Bonchev–Trinajstić information content (AvgIpc) is 2.50. The van der Waals surface area contributed by atoms with E-state index in [2.05, 4.69) is 0 Å². The van der Waals surface area contributed by atoms with Gasteiger partial charge in [-0.25, -0.2) is 0 Å². The monoisotopic (exact) mass is 362 g/mol. The Morgan fingerprint density at radius 3 is 2.57 bits per heavy atom. The van der Waals surface area contributed by atoms with Gasteiger partial charge in [0.15, 0.2) is 0 Å². The molecule has 0 aliphatic rings. The van der Waals surface area contributed by atoms with Crippen LogP contribution in [0.2, 0.25) is 0 Å². The molecule has 0 heterocycles. The van der Waals surface area contributed by atoms with Crippen LogP contribution in [0.5, 0.6) is 0 Å². The van der Waals surface area contributed by atoms with Gasteiger partial charge in [-0.15, -0.1) is 23.2 Å². The fourth-order valence-corrected chi connectivity index (χ4v) is 2.80. The molecule has 1 rings (SSSR count). The molecule has 0 aliphatic heterocycles. The fraction of sp³-hybridized carbons (Fsp3) is 0.562. The zero-order valence-corrected chi connectivity index (χ0v) is 15.0. The number of nitrogens with two attached hydrogens (primary N) is 1. The van der Waals surface area contributed by atoms with Gasteiger partial charge in [-0.1, -0.05) is 13.0 Å². The quantitative estimate of drug-likeness (QED) is 0.494. The molecule has 7 heteroatoms. The number of alkyl halides is 2. The Labute approximate surface area is 147 Å². The lowest BCUT2D eigenvalue weighted by atomic mass is 9.77. The Kier molecular flexibility index (Phi) is 8.12. The number of aliphatic carboxylic acids is 1. The highest BCUT2D eigenvalue weighted by molar-refractivity contribution is 6.18. The molecule has 0 saturated carbocycles. The second-order valence-electron chi connectivity index (χ2n) is 5.65. The molecular weight excluding hydrogens is 339 g/mol. The van der Waals surface area contributed by atoms with Crippen molar-refractivity contribution in [2.45, 2.75) is 25.7 Å². The van der Waals surface area contributed by atoms with Crippen LogP contribution in [0.15, 0.2) is 18.2 Å². The van der Waals surface area contributed by atoms with Crippen LogP contribution in [0.4, 0.5) is 5.69 Å². The van der Waals surface area contributed by atoms with Gasteiger partial charge in [0.05, 0.1) is 25.3 Å². The van der Waals surface area contributed by atoms with E-state index in [4.69, 9.17) is 38.9 Å². The Morgan fingerprint density at radius 2 is 2.09 bits per heavy atom. The predicted octanol–water partition coefficient (Wildman–Crippen LogP) is 2.90. The van der Waals surface area contributed by atoms with Crippen molar-refractivity contribution in [3.05, 3.63) is 29.3 Å². The van der Waals surface area contributed by atoms with Crippen LogP contribution in [0, 0.1) is 6.92 Å². The number of halogens is 2. The van der Waals surface area contributed by atoms with Gasteiger partial charge in [0.25, 0.3) is 0 Å². The molecule has 130 valence electrons. The maximum absolute atomic E-state index is 11.1. The highest BCUT2D eigenvalue weighted by atomic mass is 35.5. The van der Waals surface area contributed by atoms with E-state index < -0.39 is 11.4 Å². The first-order chi connectivity index (χ1) is 10.9. The number of carboxylic acid groups (broad SMARTS) is 1. The van der Waals surface area contributed by atoms with E-state index in [1.807, 2.05) is 32.0 Å². The number of hydrogen-bond donors (Lipinski definition) is 2. The average molecular weight is 363 g/mol. The summed E-state index contributed by atoms with van der Waals surface area (Å²) in [4.78, 5) is 16.7. The van der Waals surface area contributed by atoms with E-state index in [9.17, 15) is 4.79 Å². The van der Waals surface area contributed by atoms with E-state index in [-0.39, 0.29) is 13.0 Å². The van der Waals surface area contributed by atoms with Gasteiger partial charge in [-0.2, -0.15) is 0 Å². The van der Waals surface area contributed by atoms with E-state index in [0.29, 0.717) is 24.9 Å². The maximum atomic E-state index is 11.1. The second kappa shape index (κ2) is 9.33. The number of hydroxylamine groups is 1. The third kappa shape index (κ3) is 5.53. The molecule has 0 aromatic heterocycles. The predicted molar refractivity (Wildman–Crippen MR) is 94.6 cm³/mol. The minimum absolute atomic E-state index is 0.0160. The van der Waals surface area contributed by atoms with Gasteiger partial charge in [0.2, 0.25) is 0 Å². The number of anilines is 1. The SMILES string of the molecule is Cc1cc(N(CCCl)OCCCl)ccc1C(C)(CN)CC(=O)O. The van der Waals surface area contributed by atoms with Crippen molar-refractivity contribution in [3.8, 4) is 0 Å². The third-order valence-corrected chi connectivity index (χ3v) is 4.08. The molecule has 0 spiro atoms. The lowest BCUT2D eigenvalue weighted by molar-refractivity contribution is -0.138. The molecule has 0 radical (unpaired) electrons. The number of carbonyl (C=O) groups is 1. The minimum Gasteiger partial charge on any atom is -0.481 e. The van der Waals surface area contributed by atoms with Crippen LogP contribution in [-0.4, -0.2) is 42.5 Å². The van der Waals surface area contributed by atoms with Gasteiger partial charge in [0.1, 0.15) is 0 Å². The van der Waals surface area contributed by atoms with E-state index in [0.717, 1.165) is 16.8 Å². The van der Waals surface area contributed by atoms with Crippen LogP contribution in [0.1, 0.15) is 24.5 Å². The van der Waals surface area contributed by atoms with Crippen molar-refractivity contribution in [1.82, 2.24) is 0 Å². The highest BCUT2D eigenvalue weighted by Gasteiger charge is 2.30. The van der Waals surface area contributed by atoms with Crippen LogP contribution >= 0.6 is 23.2 Å². The van der Waals surface area contributed by atoms with E-state index >= 15 is 0 Å². The molecule has 23 heavy (non-hydrogen) atoms. The van der Waals surface area contributed by atoms with Crippen LogP contribution < -0.4 is 10.8 Å². The first-order valence-corrected chi connectivity index (χ1v) is 8.50. The van der Waals surface area contributed by atoms with Crippen molar-refractivity contribution in [1.29, 1.82) is 0 Å². The van der Waals surface area contributed by atoms with E-state index in [1.54, 1.807) is 5.06 Å². The molecule has 0 aliphatic carbocycles. The first kappa shape index (κ1) is 20.0. The summed E-state index contributed by atoms with van der Waals surface area (Å²) >= 11 is 11.5. The van der Waals surface area contributed by atoms with Gasteiger partial charge < -0.3 is 10.8 Å². The molecule has 0 fully saturated rings. The number of benzene rings is 1. The Hall–Kier alpha value is -1.01. The fourth-order valence-electron chi connectivity index (χ4n) is 2.58. The number of aryl methyl sites for hydroxylation is 1. The summed E-state index contributed by atoms with van der Waals surface area (Å²) in [5.41, 5.74) is 7.97. The van der Waals surface area contributed by atoms with Gasteiger partial charge >= 0.3 is 5.97 Å². The topological polar surface area (TPSA) is 75.8 Å². The minimum atomic E-state index is -0.865. The number of hydrogen-bond acceptors (Lipinski definition) is 4. The molecule has 0 amide bonds. The largest absolute Gasteiger partial charge is 0.481 e. The van der Waals surface area contributed by atoms with Crippen LogP contribution in [0.3, 0.4) is 0 Å². The summed E-state index contributed by atoms with van der Waals surface area (Å²) in [6.07, 6.45) is -0.0160. The summed E-state index contributed by atoms with van der Waals surface area (Å²) < 4.78 is 0. The van der Waals surface area contributed by atoms with Crippen molar-refractivity contribution in [2.75, 3.05) is 36.5 Å². The van der Waals surface area contributed by atoms with Gasteiger partial charge in [0, 0.05) is 23.7 Å². The van der Waals surface area contributed by atoms with Crippen LogP contribution in [-0.2, 0) is 15.0 Å². The smallest absolute Gasteiger partial charge is 0.304 e. The molecule has 0 saturated heterocycles. The zero-order valence-electron chi connectivity index (χ0n) is 13.5. The number of rotatable bonds is 10. The molecule has 1 unspecified atom stereocenters. The Morgan fingerprint density at radius 1 is 1.39 bits per heavy atom. The zero-order chi connectivity index (χ0) is 17.5. The molecule has 1 atom stereocenters. The standard InChI is InChI=1S/C16H24Cl2N2O3/c1-12-9-13(20(7-5-17)23-8-6-18)3-4-14(12)16(2,11-19)10-15(21)22/h3-4,9H,5-8,10-11,19H2,1-2H3,(H,21,22). The first-order valence-electron chi connectivity index (χ1n) is 7.43. The summed E-state index contributed by atoms with van der Waals surface area (Å²) in [6.45, 7) is 4.98. The summed E-state index contributed by atoms with van der Waals surface area (Å²) in [7, 11) is 0. The lowest BCUT2D eigenvalue weighted by Gasteiger charge is -2.30. The van der Waals surface area contributed by atoms with Crippen molar-refractivity contribution in [3.63, 3.8) is 0 Å². The molecular formula is C16H24Cl2N2O3. The second-order valence-corrected chi connectivity index (χ2v) is 6.40. The molecule has 1 aromatic rings. The number of nitrogens with zero attached hydrogens (tertiary/aromatic N) is 1. The number of carboxylic acids is 1. The van der Waals surface area contributed by atoms with E-state index in [1.165, 1.54) is 0 Å². The third-order valence-electron chi connectivity index (χ3n) is 3.75. The molecule has 0 bridgehead atoms. The highest BCUT2D eigenvalue weighted by Crippen LogP contribution is 2.32. The summed E-state index contributed by atoms with van der Waals surface area (Å²) in [5.74, 6) is -0.0573. The Balaban J connectivity index is 3.10. The normalized spacial score (nSPS) is 13.6. The Bertz CT molecular complexity index is 528. The van der Waals surface area contributed by atoms with Crippen molar-refractivity contribution >= 4 is 34.9 Å². The van der Waals surface area contributed by atoms with Gasteiger partial charge in [-0.05, 0) is 30.2 Å². The molecule has 1 aromatic carbocycles. The van der Waals surface area contributed by atoms with Crippen molar-refractivity contribution < 1.29 is 14.7 Å².